The van der Waals surface area contributed by atoms with Crippen LogP contribution >= 0.6 is 0 Å². The van der Waals surface area contributed by atoms with Crippen LogP contribution in [0.5, 0.6) is 0 Å². The predicted molar refractivity (Wildman–Crippen MR) is 42.0 cm³/mol. The fraction of sp³-hybridized carbons (Fsp3) is 0.667. The van der Waals surface area contributed by atoms with Gasteiger partial charge in [-0.25, -0.2) is 0 Å². The molecule has 0 bridgehead atoms. The fourth-order valence-electron chi connectivity index (χ4n) is 1.08. The number of rotatable bonds is 2. The first-order valence-electron chi connectivity index (χ1n) is 3.87. The molecule has 0 saturated carbocycles. The van der Waals surface area contributed by atoms with Gasteiger partial charge in [0.15, 0.2) is 0 Å². The number of aliphatic carboxylic acids is 2. The molecule has 1 heterocycles. The third kappa shape index (κ3) is 5.00. The standard InChI is InChI=1S/C6H9N2O4.H2O.O.V/c9-5(10)3-4(6(11)12)8-2-1-7-3;;;/h3-4,7H,1-2H2,(H,9,10)(H,11,12);1H2;;/q-1;;;+1/p-1. The average molecular weight is 257 g/mol. The van der Waals surface area contributed by atoms with Gasteiger partial charge in [-0.2, -0.15) is 0 Å². The van der Waals surface area contributed by atoms with Gasteiger partial charge in [0.2, 0.25) is 0 Å². The first-order chi connectivity index (χ1) is 7.04. The number of carboxylic acid groups (broad SMARTS) is 2. The number of carbonyl (C=O) groups is 2. The number of nitrogens with zero attached hydrogens (tertiary/aromatic N) is 1. The zero-order valence-corrected chi connectivity index (χ0v) is 8.93. The van der Waals surface area contributed by atoms with Gasteiger partial charge in [0.05, 0.1) is 6.04 Å². The molecule has 1 rings (SSSR count). The Morgan fingerprint density at radius 3 is 2.20 bits per heavy atom. The van der Waals surface area contributed by atoms with Crippen molar-refractivity contribution in [3.05, 3.63) is 5.32 Å². The Hall–Kier alpha value is -0.796. The van der Waals surface area contributed by atoms with Gasteiger partial charge in [0.1, 0.15) is 0 Å². The van der Waals surface area contributed by atoms with Gasteiger partial charge in [-0.1, -0.05) is 0 Å². The molecule has 0 radical (unpaired) electrons. The Labute approximate surface area is 92.3 Å². The van der Waals surface area contributed by atoms with Crippen molar-refractivity contribution in [3.63, 3.8) is 0 Å². The van der Waals surface area contributed by atoms with Gasteiger partial charge >= 0.3 is 30.3 Å². The molecule has 1 fully saturated rings. The van der Waals surface area contributed by atoms with Crippen molar-refractivity contribution in [1.29, 1.82) is 0 Å². The van der Waals surface area contributed by atoms with E-state index in [-0.39, 0.29) is 0 Å². The van der Waals surface area contributed by atoms with Crippen molar-refractivity contribution < 1.29 is 44.1 Å². The molecule has 86 valence electrons. The van der Waals surface area contributed by atoms with E-state index in [1.807, 2.05) is 0 Å². The van der Waals surface area contributed by atoms with Crippen molar-refractivity contribution in [3.8, 4) is 0 Å². The molecule has 0 aliphatic carbocycles. The van der Waals surface area contributed by atoms with Crippen LogP contribution in [0.2, 0.25) is 0 Å². The predicted octanol–water partition coefficient (Wildman–Crippen LogP) is -1.81. The summed E-state index contributed by atoms with van der Waals surface area (Å²) in [6, 6.07) is -2.24. The molecule has 8 nitrogen and oxygen atoms in total. The van der Waals surface area contributed by atoms with E-state index in [2.05, 4.69) is 10.6 Å². The van der Waals surface area contributed by atoms with E-state index in [0.29, 0.717) is 13.1 Å². The van der Waals surface area contributed by atoms with Crippen LogP contribution in [-0.2, 0) is 29.9 Å². The quantitative estimate of drug-likeness (QED) is 0.457. The third-order valence-electron chi connectivity index (χ3n) is 1.64. The third-order valence-corrected chi connectivity index (χ3v) is 1.64. The monoisotopic (exact) mass is 257 g/mol. The molecule has 9 heteroatoms. The maximum atomic E-state index is 10.5. The number of piperazine rings is 1. The number of hydrogen-bond donors (Lipinski definition) is 4. The molecule has 0 aromatic heterocycles. The Morgan fingerprint density at radius 2 is 1.87 bits per heavy atom. The molecule has 1 saturated heterocycles. The zero-order chi connectivity index (χ0) is 11.8. The van der Waals surface area contributed by atoms with Gasteiger partial charge in [-0.05, 0) is 12.6 Å². The molecule has 0 amide bonds. The van der Waals surface area contributed by atoms with E-state index in [1.54, 1.807) is 0 Å². The molecular formula is C6H10N2O6V-. The van der Waals surface area contributed by atoms with Crippen molar-refractivity contribution in [2.45, 2.75) is 12.1 Å². The second kappa shape index (κ2) is 7.49. The summed E-state index contributed by atoms with van der Waals surface area (Å²) < 4.78 is 15.7. The molecule has 1 aliphatic heterocycles. The summed E-state index contributed by atoms with van der Waals surface area (Å²) in [7, 11) is 0. The van der Waals surface area contributed by atoms with E-state index in [1.165, 1.54) is 0 Å². The Balaban J connectivity index is 0.000000583. The van der Waals surface area contributed by atoms with Gasteiger partial charge in [0.25, 0.3) is 5.97 Å². The first-order valence-corrected chi connectivity index (χ1v) is 5.06. The van der Waals surface area contributed by atoms with Gasteiger partial charge in [-0.3, -0.25) is 9.59 Å². The van der Waals surface area contributed by atoms with Gasteiger partial charge in [-0.15, -0.1) is 6.54 Å². The normalized spacial score (nSPS) is 24.6. The molecule has 0 aromatic carbocycles. The summed E-state index contributed by atoms with van der Waals surface area (Å²) in [6.45, 7) is 0.765. The molecule has 2 atom stereocenters. The van der Waals surface area contributed by atoms with Crippen LogP contribution in [0.1, 0.15) is 0 Å². The zero-order valence-electron chi connectivity index (χ0n) is 7.53. The second-order valence-electron chi connectivity index (χ2n) is 2.54. The Bertz CT molecular complexity index is 226. The Kier molecular flexibility index (Phi) is 7.09. The minimum atomic E-state index is -1.56. The van der Waals surface area contributed by atoms with Crippen molar-refractivity contribution in [2.75, 3.05) is 13.1 Å². The fourth-order valence-corrected chi connectivity index (χ4v) is 1.08. The minimum absolute atomic E-state index is 0.348. The summed E-state index contributed by atoms with van der Waals surface area (Å²) in [5, 5.41) is 23.4. The molecule has 1 aliphatic rings. The van der Waals surface area contributed by atoms with E-state index >= 15 is 0 Å². The summed E-state index contributed by atoms with van der Waals surface area (Å²) in [5.74, 6) is -2.37. The van der Waals surface area contributed by atoms with Crippen molar-refractivity contribution in [2.24, 2.45) is 0 Å². The average Bonchev–Trinajstić information content (AvgIpc) is 2.19. The maximum absolute atomic E-state index is 10.5. The van der Waals surface area contributed by atoms with Crippen molar-refractivity contribution >= 4 is 11.9 Å². The summed E-state index contributed by atoms with van der Waals surface area (Å²) >= 11 is -1.56. The Morgan fingerprint density at radius 1 is 1.33 bits per heavy atom. The van der Waals surface area contributed by atoms with Crippen LogP contribution < -0.4 is 5.32 Å². The number of hydrogen-bond acceptors (Lipinski definition) is 4. The van der Waals surface area contributed by atoms with Crippen LogP contribution in [0.4, 0.5) is 0 Å². The SMILES string of the molecule is O=C(O)C1[N-]CCNC1C(=O)O.[O]=[V][OH]. The number of nitrogens with one attached hydrogen (secondary N) is 1. The summed E-state index contributed by atoms with van der Waals surface area (Å²) in [4.78, 5) is 21.0. The molecule has 4 N–H and O–H groups in total. The molecular weight excluding hydrogens is 247 g/mol. The van der Waals surface area contributed by atoms with E-state index in [0.717, 1.165) is 0 Å². The molecule has 0 spiro atoms. The van der Waals surface area contributed by atoms with Gasteiger partial charge in [0, 0.05) is 0 Å². The second-order valence-corrected chi connectivity index (χ2v) is 2.80. The topological polar surface area (TPSA) is 138 Å². The van der Waals surface area contributed by atoms with Crippen LogP contribution in [0.3, 0.4) is 0 Å². The van der Waals surface area contributed by atoms with E-state index < -0.39 is 40.6 Å². The first kappa shape index (κ1) is 14.2. The van der Waals surface area contributed by atoms with Crippen LogP contribution in [0.15, 0.2) is 0 Å². The van der Waals surface area contributed by atoms with Crippen LogP contribution in [0, 0.1) is 0 Å². The molecule has 0 aromatic rings. The summed E-state index contributed by atoms with van der Waals surface area (Å²) in [6.07, 6.45) is 0. The molecule has 15 heavy (non-hydrogen) atoms. The number of carboxylic acids is 2. The molecule has 2 unspecified atom stereocenters. The van der Waals surface area contributed by atoms with Crippen LogP contribution in [0.25, 0.3) is 5.32 Å². The van der Waals surface area contributed by atoms with E-state index in [9.17, 15) is 9.59 Å². The van der Waals surface area contributed by atoms with Crippen LogP contribution in [-0.4, -0.2) is 51.4 Å². The van der Waals surface area contributed by atoms with Gasteiger partial charge < -0.3 is 20.8 Å². The summed E-state index contributed by atoms with van der Waals surface area (Å²) in [5.41, 5.74) is 0. The van der Waals surface area contributed by atoms with E-state index in [4.69, 9.17) is 17.9 Å². The van der Waals surface area contributed by atoms with Crippen molar-refractivity contribution in [1.82, 2.24) is 5.32 Å².